The van der Waals surface area contributed by atoms with E-state index >= 15 is 0 Å². The monoisotopic (exact) mass is 445 g/mol. The molecule has 0 aromatic carbocycles. The summed E-state index contributed by atoms with van der Waals surface area (Å²) in [5.74, 6) is 0. The van der Waals surface area contributed by atoms with E-state index in [-0.39, 0.29) is 12.1 Å². The van der Waals surface area contributed by atoms with Crippen LogP contribution in [0.15, 0.2) is 54.9 Å². The van der Waals surface area contributed by atoms with Gasteiger partial charge >= 0.3 is 0 Å². The zero-order valence-corrected chi connectivity index (χ0v) is 19.7. The van der Waals surface area contributed by atoms with Crippen molar-refractivity contribution in [2.45, 2.75) is 70.6 Å². The number of nitrogens with one attached hydrogen (secondary N) is 1. The molecule has 5 rings (SSSR count). The van der Waals surface area contributed by atoms with Gasteiger partial charge in [-0.3, -0.25) is 9.97 Å². The fraction of sp³-hybridized carbons (Fsp3) is 0.423. The van der Waals surface area contributed by atoms with Gasteiger partial charge in [0.1, 0.15) is 0 Å². The van der Waals surface area contributed by atoms with Crippen molar-refractivity contribution in [3.05, 3.63) is 83.2 Å². The molecule has 166 valence electrons. The molecule has 5 nitrogen and oxygen atoms in total. The molecule has 0 amide bonds. The quantitative estimate of drug-likeness (QED) is 0.520. The second-order valence-corrected chi connectivity index (χ2v) is 9.45. The second-order valence-electron chi connectivity index (χ2n) is 9.06. The van der Waals surface area contributed by atoms with Crippen molar-refractivity contribution < 1.29 is 0 Å². The summed E-state index contributed by atoms with van der Waals surface area (Å²) in [7, 11) is 0. The molecule has 1 saturated carbocycles. The Balaban J connectivity index is 1.57. The van der Waals surface area contributed by atoms with E-state index in [1.165, 1.54) is 49.1 Å². The van der Waals surface area contributed by atoms with Crippen molar-refractivity contribution in [3.8, 4) is 0 Å². The summed E-state index contributed by atoms with van der Waals surface area (Å²) in [4.78, 5) is 11.6. The summed E-state index contributed by atoms with van der Waals surface area (Å²) in [5, 5.41) is 4.35. The molecule has 3 aromatic rings. The SMILES string of the molecule is Cc1cc(C2C(c3ccccn3)NC(=S)N2Cc2ccccn2)c(C)n1C1CCCCC1. The van der Waals surface area contributed by atoms with Gasteiger partial charge in [-0.25, -0.2) is 0 Å². The fourth-order valence-electron chi connectivity index (χ4n) is 5.58. The first kappa shape index (κ1) is 21.1. The topological polar surface area (TPSA) is 46.0 Å². The van der Waals surface area contributed by atoms with Gasteiger partial charge in [0.15, 0.2) is 5.11 Å². The molecule has 4 heterocycles. The molecular weight excluding hydrogens is 414 g/mol. The predicted molar refractivity (Wildman–Crippen MR) is 131 cm³/mol. The summed E-state index contributed by atoms with van der Waals surface area (Å²) < 4.78 is 2.59. The van der Waals surface area contributed by atoms with E-state index in [0.29, 0.717) is 12.6 Å². The Morgan fingerprint density at radius 3 is 2.44 bits per heavy atom. The van der Waals surface area contributed by atoms with Crippen molar-refractivity contribution in [2.24, 2.45) is 0 Å². The van der Waals surface area contributed by atoms with Crippen LogP contribution in [0.25, 0.3) is 0 Å². The molecule has 32 heavy (non-hydrogen) atoms. The number of nitrogens with zero attached hydrogens (tertiary/aromatic N) is 4. The first-order valence-corrected chi connectivity index (χ1v) is 12.1. The zero-order valence-electron chi connectivity index (χ0n) is 18.9. The fourth-order valence-corrected chi connectivity index (χ4v) is 5.89. The molecule has 2 unspecified atom stereocenters. The maximum atomic E-state index is 5.85. The summed E-state index contributed by atoms with van der Waals surface area (Å²) in [6, 6.07) is 15.2. The minimum atomic E-state index is 0.00715. The molecule has 0 spiro atoms. The van der Waals surface area contributed by atoms with Crippen LogP contribution in [0.5, 0.6) is 0 Å². The van der Waals surface area contributed by atoms with Crippen LogP contribution in [0.3, 0.4) is 0 Å². The molecule has 1 N–H and O–H groups in total. The molecule has 0 bridgehead atoms. The van der Waals surface area contributed by atoms with Crippen LogP contribution in [-0.4, -0.2) is 24.5 Å². The third-order valence-corrected chi connectivity index (χ3v) is 7.39. The predicted octanol–water partition coefficient (Wildman–Crippen LogP) is 5.57. The number of rotatable bonds is 5. The van der Waals surface area contributed by atoms with Gasteiger partial charge in [0.2, 0.25) is 0 Å². The Labute approximate surface area is 195 Å². The summed E-state index contributed by atoms with van der Waals surface area (Å²) in [5.41, 5.74) is 6.08. The van der Waals surface area contributed by atoms with E-state index in [1.807, 2.05) is 30.6 Å². The number of aryl methyl sites for hydroxylation is 1. The first-order valence-electron chi connectivity index (χ1n) is 11.7. The van der Waals surface area contributed by atoms with Crippen LogP contribution in [-0.2, 0) is 6.54 Å². The van der Waals surface area contributed by atoms with E-state index in [2.05, 4.69) is 62.9 Å². The Morgan fingerprint density at radius 1 is 1.00 bits per heavy atom. The normalized spacial score (nSPS) is 21.7. The van der Waals surface area contributed by atoms with Crippen molar-refractivity contribution in [3.63, 3.8) is 0 Å². The second kappa shape index (κ2) is 9.02. The lowest BCUT2D eigenvalue weighted by Gasteiger charge is -2.29. The molecule has 1 saturated heterocycles. The summed E-state index contributed by atoms with van der Waals surface area (Å²) >= 11 is 5.85. The Hall–Kier alpha value is -2.73. The molecule has 1 aliphatic heterocycles. The smallest absolute Gasteiger partial charge is 0.170 e. The number of hydrogen-bond donors (Lipinski definition) is 1. The molecule has 2 atom stereocenters. The maximum absolute atomic E-state index is 5.85. The minimum absolute atomic E-state index is 0.00715. The van der Waals surface area contributed by atoms with Crippen molar-refractivity contribution in [1.29, 1.82) is 0 Å². The van der Waals surface area contributed by atoms with Gasteiger partial charge in [-0.15, -0.1) is 0 Å². The van der Waals surface area contributed by atoms with E-state index < -0.39 is 0 Å². The van der Waals surface area contributed by atoms with Gasteiger partial charge in [-0.2, -0.15) is 0 Å². The van der Waals surface area contributed by atoms with E-state index in [4.69, 9.17) is 12.2 Å². The van der Waals surface area contributed by atoms with Gasteiger partial charge in [0.25, 0.3) is 0 Å². The molecule has 2 aliphatic rings. The average molecular weight is 446 g/mol. The highest BCUT2D eigenvalue weighted by Gasteiger charge is 2.41. The van der Waals surface area contributed by atoms with Gasteiger partial charge < -0.3 is 14.8 Å². The molecule has 2 fully saturated rings. The summed E-state index contributed by atoms with van der Waals surface area (Å²) in [6.07, 6.45) is 10.3. The van der Waals surface area contributed by atoms with E-state index in [9.17, 15) is 0 Å². The summed E-state index contributed by atoms with van der Waals surface area (Å²) in [6.45, 7) is 5.21. The highest BCUT2D eigenvalue weighted by Crippen LogP contribution is 2.43. The van der Waals surface area contributed by atoms with Crippen molar-refractivity contribution in [2.75, 3.05) is 0 Å². The van der Waals surface area contributed by atoms with E-state index in [0.717, 1.165) is 16.5 Å². The highest BCUT2D eigenvalue weighted by molar-refractivity contribution is 7.80. The Bertz CT molecular complexity index is 1070. The lowest BCUT2D eigenvalue weighted by Crippen LogP contribution is -2.29. The maximum Gasteiger partial charge on any atom is 0.170 e. The lowest BCUT2D eigenvalue weighted by molar-refractivity contribution is 0.304. The minimum Gasteiger partial charge on any atom is -0.352 e. The highest BCUT2D eigenvalue weighted by atomic mass is 32.1. The largest absolute Gasteiger partial charge is 0.352 e. The molecule has 1 aliphatic carbocycles. The number of pyridine rings is 2. The third-order valence-electron chi connectivity index (χ3n) is 7.04. The van der Waals surface area contributed by atoms with Gasteiger partial charge in [-0.1, -0.05) is 31.4 Å². The Kier molecular flexibility index (Phi) is 5.96. The third kappa shape index (κ3) is 3.92. The van der Waals surface area contributed by atoms with Crippen LogP contribution in [0, 0.1) is 13.8 Å². The average Bonchev–Trinajstić information content (AvgIpc) is 3.30. The van der Waals surface area contributed by atoms with E-state index in [1.54, 1.807) is 0 Å². The molecule has 3 aromatic heterocycles. The van der Waals surface area contributed by atoms with Crippen LogP contribution in [0.2, 0.25) is 0 Å². The van der Waals surface area contributed by atoms with Crippen LogP contribution >= 0.6 is 12.2 Å². The van der Waals surface area contributed by atoms with Gasteiger partial charge in [0, 0.05) is 29.8 Å². The van der Waals surface area contributed by atoms with Gasteiger partial charge in [0.05, 0.1) is 30.0 Å². The van der Waals surface area contributed by atoms with Gasteiger partial charge in [-0.05, 0) is 74.8 Å². The van der Waals surface area contributed by atoms with Crippen molar-refractivity contribution >= 4 is 17.3 Å². The Morgan fingerprint density at radius 2 is 1.75 bits per heavy atom. The first-order chi connectivity index (χ1) is 15.6. The van der Waals surface area contributed by atoms with Crippen LogP contribution in [0.4, 0.5) is 0 Å². The molecular formula is C26H31N5S. The zero-order chi connectivity index (χ0) is 22.1. The standard InChI is InChI=1S/C26H31N5S/c1-18-16-22(19(2)31(18)21-11-4-3-5-12-21)25-24(23-13-7-9-15-28-23)29-26(32)30(25)17-20-10-6-8-14-27-20/h6-10,13-16,21,24-25H,3-5,11-12,17H2,1-2H3,(H,29,32). The van der Waals surface area contributed by atoms with Crippen LogP contribution < -0.4 is 5.32 Å². The number of thiocarbonyl (C=S) groups is 1. The molecule has 6 heteroatoms. The van der Waals surface area contributed by atoms with Crippen LogP contribution in [0.1, 0.15) is 78.6 Å². The molecule has 0 radical (unpaired) electrons. The van der Waals surface area contributed by atoms with Crippen molar-refractivity contribution in [1.82, 2.24) is 24.8 Å². The number of hydrogen-bond acceptors (Lipinski definition) is 3. The number of aromatic nitrogens is 3. The lowest BCUT2D eigenvalue weighted by atomic mass is 9.94.